The van der Waals surface area contributed by atoms with Crippen LogP contribution in [-0.4, -0.2) is 12.5 Å². The molecule has 1 aromatic rings. The maximum absolute atomic E-state index is 11.5. The van der Waals surface area contributed by atoms with E-state index >= 15 is 0 Å². The summed E-state index contributed by atoms with van der Waals surface area (Å²) >= 11 is 0. The lowest BCUT2D eigenvalue weighted by Crippen LogP contribution is -2.09. The van der Waals surface area contributed by atoms with Crippen LogP contribution in [0.4, 0.5) is 5.69 Å². The van der Waals surface area contributed by atoms with Gasteiger partial charge in [-0.15, -0.1) is 12.4 Å². The number of carbonyl (C=O) groups is 1. The number of anilines is 1. The molecule has 0 saturated carbocycles. The average molecular weight is 272 g/mol. The molecule has 0 atom stereocenters. The molecule has 1 N–H and O–H groups in total. The average Bonchev–Trinajstić information content (AvgIpc) is 2.27. The summed E-state index contributed by atoms with van der Waals surface area (Å²) in [6.07, 6.45) is 0.476. The lowest BCUT2D eigenvalue weighted by molar-refractivity contribution is -0.145. The molecule has 0 heterocycles. The van der Waals surface area contributed by atoms with Crippen molar-refractivity contribution < 1.29 is 9.53 Å². The molecule has 18 heavy (non-hydrogen) atoms. The molecule has 0 aliphatic carbocycles. The van der Waals surface area contributed by atoms with E-state index in [2.05, 4.69) is 5.32 Å². The van der Waals surface area contributed by atoms with Crippen molar-refractivity contribution in [3.8, 4) is 0 Å². The lowest BCUT2D eigenvalue weighted by atomic mass is 10.1. The van der Waals surface area contributed by atoms with Gasteiger partial charge in [0.25, 0.3) is 0 Å². The van der Waals surface area contributed by atoms with Crippen molar-refractivity contribution >= 4 is 24.1 Å². The highest BCUT2D eigenvalue weighted by molar-refractivity contribution is 5.85. The van der Waals surface area contributed by atoms with Crippen LogP contribution in [0.1, 0.15) is 32.8 Å². The number of rotatable bonds is 6. The Hall–Kier alpha value is -1.22. The Labute approximate surface area is 115 Å². The monoisotopic (exact) mass is 271 g/mol. The minimum absolute atomic E-state index is 0. The van der Waals surface area contributed by atoms with Crippen molar-refractivity contribution in [3.63, 3.8) is 0 Å². The number of para-hydroxylation sites is 1. The van der Waals surface area contributed by atoms with Crippen molar-refractivity contribution in [3.05, 3.63) is 29.8 Å². The smallest absolute Gasteiger partial charge is 0.306 e. The molecule has 0 radical (unpaired) electrons. The zero-order valence-electron chi connectivity index (χ0n) is 11.2. The van der Waals surface area contributed by atoms with Gasteiger partial charge in [-0.05, 0) is 18.9 Å². The highest BCUT2D eigenvalue weighted by Gasteiger charge is 2.07. The van der Waals surface area contributed by atoms with Crippen LogP contribution < -0.4 is 5.32 Å². The molecule has 0 spiro atoms. The Bertz CT molecular complexity index is 367. The van der Waals surface area contributed by atoms with Crippen LogP contribution in [0.2, 0.25) is 0 Å². The molecule has 0 aliphatic heterocycles. The van der Waals surface area contributed by atoms with Crippen molar-refractivity contribution in [2.45, 2.75) is 33.8 Å². The quantitative estimate of drug-likeness (QED) is 0.803. The lowest BCUT2D eigenvalue weighted by Gasteiger charge is -2.11. The van der Waals surface area contributed by atoms with Crippen LogP contribution in [0, 0.1) is 5.92 Å². The fourth-order valence-electron chi connectivity index (χ4n) is 1.56. The van der Waals surface area contributed by atoms with E-state index < -0.39 is 0 Å². The fourth-order valence-corrected chi connectivity index (χ4v) is 1.56. The first kappa shape index (κ1) is 16.8. The molecule has 1 aromatic carbocycles. The van der Waals surface area contributed by atoms with Crippen molar-refractivity contribution in [2.75, 3.05) is 11.9 Å². The summed E-state index contributed by atoms with van der Waals surface area (Å²) in [6.45, 7) is 7.26. The third-order valence-electron chi connectivity index (χ3n) is 2.35. The molecular weight excluding hydrogens is 250 g/mol. The summed E-state index contributed by atoms with van der Waals surface area (Å²) in [5.74, 6) is 0.206. The minimum Gasteiger partial charge on any atom is -0.461 e. The van der Waals surface area contributed by atoms with Gasteiger partial charge >= 0.3 is 5.97 Å². The van der Waals surface area contributed by atoms with Gasteiger partial charge in [-0.3, -0.25) is 4.79 Å². The number of hydrogen-bond donors (Lipinski definition) is 1. The van der Waals surface area contributed by atoms with E-state index in [4.69, 9.17) is 4.74 Å². The maximum atomic E-state index is 11.5. The van der Waals surface area contributed by atoms with E-state index in [9.17, 15) is 4.79 Å². The fraction of sp³-hybridized carbons (Fsp3) is 0.500. The highest BCUT2D eigenvalue weighted by atomic mass is 35.5. The Morgan fingerprint density at radius 3 is 2.61 bits per heavy atom. The van der Waals surface area contributed by atoms with E-state index in [0.29, 0.717) is 18.9 Å². The van der Waals surface area contributed by atoms with Gasteiger partial charge in [-0.25, -0.2) is 0 Å². The van der Waals surface area contributed by atoms with Crippen LogP contribution in [0.3, 0.4) is 0 Å². The number of hydrogen-bond acceptors (Lipinski definition) is 3. The Kier molecular flexibility index (Phi) is 8.21. The van der Waals surface area contributed by atoms with Gasteiger partial charge in [0.1, 0.15) is 6.61 Å². The first-order valence-corrected chi connectivity index (χ1v) is 6.10. The van der Waals surface area contributed by atoms with Crippen LogP contribution in [0.5, 0.6) is 0 Å². The van der Waals surface area contributed by atoms with Gasteiger partial charge in [0.15, 0.2) is 0 Å². The molecular formula is C14H22ClNO2. The van der Waals surface area contributed by atoms with Gasteiger partial charge in [-0.1, -0.05) is 32.0 Å². The second kappa shape index (κ2) is 8.81. The van der Waals surface area contributed by atoms with Gasteiger partial charge in [0, 0.05) is 24.2 Å². The van der Waals surface area contributed by atoms with Gasteiger partial charge < -0.3 is 10.1 Å². The summed E-state index contributed by atoms with van der Waals surface area (Å²) in [4.78, 5) is 11.5. The van der Waals surface area contributed by atoms with E-state index in [1.165, 1.54) is 0 Å². The van der Waals surface area contributed by atoms with Crippen LogP contribution >= 0.6 is 12.4 Å². The number of carbonyl (C=O) groups excluding carboxylic acids is 1. The molecule has 4 heteroatoms. The summed E-state index contributed by atoms with van der Waals surface area (Å²) in [6, 6.07) is 7.89. The SMILES string of the molecule is CCNc1ccccc1COC(=O)CC(C)C.Cl. The van der Waals surface area contributed by atoms with Crippen molar-refractivity contribution in [1.82, 2.24) is 0 Å². The Balaban J connectivity index is 0.00000289. The zero-order chi connectivity index (χ0) is 12.7. The number of esters is 1. The predicted molar refractivity (Wildman–Crippen MR) is 77.1 cm³/mol. The van der Waals surface area contributed by atoms with Crippen molar-refractivity contribution in [1.29, 1.82) is 0 Å². The largest absolute Gasteiger partial charge is 0.461 e. The molecule has 0 amide bonds. The van der Waals surface area contributed by atoms with E-state index in [1.54, 1.807) is 0 Å². The summed E-state index contributed by atoms with van der Waals surface area (Å²) in [7, 11) is 0. The first-order valence-electron chi connectivity index (χ1n) is 6.10. The highest BCUT2D eigenvalue weighted by Crippen LogP contribution is 2.16. The van der Waals surface area contributed by atoms with Crippen molar-refractivity contribution in [2.24, 2.45) is 5.92 Å². The van der Waals surface area contributed by atoms with Crippen LogP contribution in [0.25, 0.3) is 0 Å². The minimum atomic E-state index is -0.133. The second-order valence-corrected chi connectivity index (χ2v) is 4.45. The Morgan fingerprint density at radius 2 is 2.00 bits per heavy atom. The first-order chi connectivity index (χ1) is 8.13. The standard InChI is InChI=1S/C14H21NO2.ClH/c1-4-15-13-8-6-5-7-12(13)10-17-14(16)9-11(2)3;/h5-8,11,15H,4,9-10H2,1-3H3;1H. The summed E-state index contributed by atoms with van der Waals surface area (Å²) in [5, 5.41) is 3.25. The number of ether oxygens (including phenoxy) is 1. The van der Waals surface area contributed by atoms with E-state index in [-0.39, 0.29) is 18.4 Å². The van der Waals surface area contributed by atoms with Crippen LogP contribution in [-0.2, 0) is 16.1 Å². The molecule has 0 bridgehead atoms. The predicted octanol–water partition coefficient (Wildman–Crippen LogP) is 3.63. The molecule has 0 fully saturated rings. The normalized spacial score (nSPS) is 9.78. The third kappa shape index (κ3) is 5.92. The molecule has 102 valence electrons. The maximum Gasteiger partial charge on any atom is 0.306 e. The molecule has 3 nitrogen and oxygen atoms in total. The second-order valence-electron chi connectivity index (χ2n) is 4.45. The van der Waals surface area contributed by atoms with Crippen LogP contribution in [0.15, 0.2) is 24.3 Å². The van der Waals surface area contributed by atoms with E-state index in [1.807, 2.05) is 45.0 Å². The number of halogens is 1. The zero-order valence-corrected chi connectivity index (χ0v) is 12.0. The van der Waals surface area contributed by atoms with Gasteiger partial charge in [0.05, 0.1) is 0 Å². The van der Waals surface area contributed by atoms with Gasteiger partial charge in [0.2, 0.25) is 0 Å². The summed E-state index contributed by atoms with van der Waals surface area (Å²) < 4.78 is 5.25. The molecule has 0 aromatic heterocycles. The third-order valence-corrected chi connectivity index (χ3v) is 2.35. The molecule has 0 unspecified atom stereocenters. The number of benzene rings is 1. The molecule has 0 aliphatic rings. The van der Waals surface area contributed by atoms with Gasteiger partial charge in [-0.2, -0.15) is 0 Å². The Morgan fingerprint density at radius 1 is 1.33 bits per heavy atom. The summed E-state index contributed by atoms with van der Waals surface area (Å²) in [5.41, 5.74) is 2.05. The molecule has 0 saturated heterocycles. The molecule has 1 rings (SSSR count). The number of nitrogens with one attached hydrogen (secondary N) is 1. The topological polar surface area (TPSA) is 38.3 Å². The van der Waals surface area contributed by atoms with E-state index in [0.717, 1.165) is 17.8 Å².